The predicted octanol–water partition coefficient (Wildman–Crippen LogP) is 2.72. The van der Waals surface area contributed by atoms with E-state index in [9.17, 15) is 4.39 Å². The van der Waals surface area contributed by atoms with Gasteiger partial charge in [0.15, 0.2) is 0 Å². The average molecular weight is 313 g/mol. The molecule has 2 heterocycles. The molecule has 2 aromatic heterocycles. The lowest BCUT2D eigenvalue weighted by Gasteiger charge is -2.09. The number of nitrogen functional groups attached to an aromatic ring is 1. The first kappa shape index (κ1) is 15.1. The van der Waals surface area contributed by atoms with Crippen molar-refractivity contribution in [2.45, 2.75) is 13.7 Å². The van der Waals surface area contributed by atoms with Crippen LogP contribution in [-0.2, 0) is 11.5 Å². The van der Waals surface area contributed by atoms with E-state index < -0.39 is 0 Å². The molecule has 0 aliphatic rings. The second-order valence-corrected chi connectivity index (χ2v) is 4.88. The van der Waals surface area contributed by atoms with Crippen molar-refractivity contribution in [2.24, 2.45) is 0 Å². The number of halogens is 1. The highest BCUT2D eigenvalue weighted by molar-refractivity contribution is 5.78. The maximum Gasteiger partial charge on any atom is 0.141 e. The number of anilines is 1. The molecule has 3 rings (SSSR count). The van der Waals surface area contributed by atoms with E-state index in [-0.39, 0.29) is 12.5 Å². The first-order valence-corrected chi connectivity index (χ1v) is 7.18. The molecule has 0 aliphatic heterocycles. The molecule has 6 nitrogen and oxygen atoms in total. The molecule has 23 heavy (non-hydrogen) atoms. The molecule has 0 amide bonds. The molecule has 0 bridgehead atoms. The maximum atomic E-state index is 13.2. The Balaban J connectivity index is 2.12. The van der Waals surface area contributed by atoms with E-state index in [4.69, 9.17) is 10.5 Å². The molecule has 0 saturated heterocycles. The summed E-state index contributed by atoms with van der Waals surface area (Å²) in [6.07, 6.45) is 1.62. The summed E-state index contributed by atoms with van der Waals surface area (Å²) in [6, 6.07) is 9.68. The maximum absolute atomic E-state index is 13.2. The number of aromatic nitrogens is 4. The van der Waals surface area contributed by atoms with Crippen molar-refractivity contribution >= 4 is 5.82 Å². The first-order valence-electron chi connectivity index (χ1n) is 7.18. The van der Waals surface area contributed by atoms with Gasteiger partial charge in [-0.1, -0.05) is 5.21 Å². The quantitative estimate of drug-likeness (QED) is 0.783. The van der Waals surface area contributed by atoms with E-state index in [0.29, 0.717) is 18.1 Å². The van der Waals surface area contributed by atoms with Crippen LogP contribution in [0.15, 0.2) is 42.6 Å². The van der Waals surface area contributed by atoms with Gasteiger partial charge in [0.05, 0.1) is 5.69 Å². The third-order valence-corrected chi connectivity index (χ3v) is 3.32. The van der Waals surface area contributed by atoms with Gasteiger partial charge in [-0.15, -0.1) is 5.10 Å². The molecule has 0 fully saturated rings. The average Bonchev–Trinajstić information content (AvgIpc) is 2.97. The summed E-state index contributed by atoms with van der Waals surface area (Å²) in [6.45, 7) is 2.73. The monoisotopic (exact) mass is 313 g/mol. The van der Waals surface area contributed by atoms with E-state index in [1.54, 1.807) is 29.1 Å². The zero-order chi connectivity index (χ0) is 16.2. The van der Waals surface area contributed by atoms with Gasteiger partial charge in [0.1, 0.15) is 24.1 Å². The predicted molar refractivity (Wildman–Crippen MR) is 84.7 cm³/mol. The summed E-state index contributed by atoms with van der Waals surface area (Å²) < 4.78 is 20.2. The van der Waals surface area contributed by atoms with Crippen LogP contribution in [0.25, 0.3) is 22.5 Å². The molecule has 0 unspecified atom stereocenters. The number of benzene rings is 1. The van der Waals surface area contributed by atoms with Crippen LogP contribution < -0.4 is 5.73 Å². The topological polar surface area (TPSA) is 78.8 Å². The zero-order valence-corrected chi connectivity index (χ0v) is 12.6. The molecule has 1 aromatic carbocycles. The third-order valence-electron chi connectivity index (χ3n) is 3.32. The Kier molecular flexibility index (Phi) is 4.29. The van der Waals surface area contributed by atoms with E-state index in [1.165, 1.54) is 12.1 Å². The SMILES string of the molecule is CCOCn1nnc(-c2ccc(F)cc2)c1-c1ccnc(N)c1. The van der Waals surface area contributed by atoms with Crippen LogP contribution in [0.2, 0.25) is 0 Å². The van der Waals surface area contributed by atoms with Gasteiger partial charge in [0.2, 0.25) is 0 Å². The minimum atomic E-state index is -0.301. The number of nitrogens with two attached hydrogens (primary N) is 1. The Labute approximate surface area is 132 Å². The molecule has 0 atom stereocenters. The second-order valence-electron chi connectivity index (χ2n) is 4.88. The molecule has 0 spiro atoms. The number of hydrogen-bond donors (Lipinski definition) is 1. The Hall–Kier alpha value is -2.80. The van der Waals surface area contributed by atoms with Gasteiger partial charge in [-0.25, -0.2) is 14.1 Å². The van der Waals surface area contributed by atoms with Gasteiger partial charge < -0.3 is 10.5 Å². The minimum absolute atomic E-state index is 0.266. The largest absolute Gasteiger partial charge is 0.384 e. The number of ether oxygens (including phenoxy) is 1. The third kappa shape index (κ3) is 3.19. The summed E-state index contributed by atoms with van der Waals surface area (Å²) >= 11 is 0. The zero-order valence-electron chi connectivity index (χ0n) is 12.6. The number of hydrogen-bond acceptors (Lipinski definition) is 5. The molecule has 118 valence electrons. The second kappa shape index (κ2) is 6.53. The Morgan fingerprint density at radius 2 is 1.96 bits per heavy atom. The molecule has 0 aliphatic carbocycles. The van der Waals surface area contributed by atoms with Crippen LogP contribution in [0.5, 0.6) is 0 Å². The van der Waals surface area contributed by atoms with Crippen LogP contribution in [0, 0.1) is 5.82 Å². The molecule has 0 saturated carbocycles. The van der Waals surface area contributed by atoms with Gasteiger partial charge in [-0.3, -0.25) is 0 Å². The molecular formula is C16H16FN5O. The lowest BCUT2D eigenvalue weighted by Crippen LogP contribution is -2.06. The van der Waals surface area contributed by atoms with E-state index in [1.807, 2.05) is 13.0 Å². The molecule has 7 heteroatoms. The molecule has 2 N–H and O–H groups in total. The van der Waals surface area contributed by atoms with E-state index >= 15 is 0 Å². The molecular weight excluding hydrogens is 297 g/mol. The molecule has 3 aromatic rings. The van der Waals surface area contributed by atoms with E-state index in [0.717, 1.165) is 16.8 Å². The van der Waals surface area contributed by atoms with Crippen molar-refractivity contribution in [3.63, 3.8) is 0 Å². The Morgan fingerprint density at radius 3 is 2.65 bits per heavy atom. The van der Waals surface area contributed by atoms with Crippen LogP contribution in [0.4, 0.5) is 10.2 Å². The lowest BCUT2D eigenvalue weighted by atomic mass is 10.1. The number of pyridine rings is 1. The van der Waals surface area contributed by atoms with Crippen molar-refractivity contribution in [1.82, 2.24) is 20.0 Å². The summed E-state index contributed by atoms with van der Waals surface area (Å²) in [4.78, 5) is 4.00. The summed E-state index contributed by atoms with van der Waals surface area (Å²) in [5, 5.41) is 8.37. The van der Waals surface area contributed by atoms with Crippen molar-refractivity contribution in [1.29, 1.82) is 0 Å². The summed E-state index contributed by atoms with van der Waals surface area (Å²) in [7, 11) is 0. The standard InChI is InChI=1S/C16H16FN5O/c1-2-23-10-22-16(12-7-8-19-14(18)9-12)15(20-21-22)11-3-5-13(17)6-4-11/h3-9H,2,10H2,1H3,(H2,18,19). The van der Waals surface area contributed by atoms with Gasteiger partial charge in [0.25, 0.3) is 0 Å². The van der Waals surface area contributed by atoms with Crippen molar-refractivity contribution in [3.05, 3.63) is 48.4 Å². The Bertz CT molecular complexity index is 800. The highest BCUT2D eigenvalue weighted by Crippen LogP contribution is 2.30. The smallest absolute Gasteiger partial charge is 0.141 e. The van der Waals surface area contributed by atoms with Crippen LogP contribution in [-0.4, -0.2) is 26.6 Å². The normalized spacial score (nSPS) is 10.9. The van der Waals surface area contributed by atoms with Crippen LogP contribution in [0.3, 0.4) is 0 Å². The van der Waals surface area contributed by atoms with Crippen molar-refractivity contribution in [3.8, 4) is 22.5 Å². The van der Waals surface area contributed by atoms with E-state index in [2.05, 4.69) is 15.3 Å². The lowest BCUT2D eigenvalue weighted by molar-refractivity contribution is 0.0790. The number of nitrogens with zero attached hydrogens (tertiary/aromatic N) is 4. The van der Waals surface area contributed by atoms with Crippen LogP contribution in [0.1, 0.15) is 6.92 Å². The van der Waals surface area contributed by atoms with Gasteiger partial charge in [0, 0.05) is 23.9 Å². The van der Waals surface area contributed by atoms with Gasteiger partial charge in [-0.05, 0) is 43.3 Å². The Morgan fingerprint density at radius 1 is 1.17 bits per heavy atom. The van der Waals surface area contributed by atoms with Gasteiger partial charge in [-0.2, -0.15) is 0 Å². The fourth-order valence-electron chi connectivity index (χ4n) is 2.26. The molecule has 0 radical (unpaired) electrons. The van der Waals surface area contributed by atoms with Crippen molar-refractivity contribution < 1.29 is 9.13 Å². The fraction of sp³-hybridized carbons (Fsp3) is 0.188. The highest BCUT2D eigenvalue weighted by Gasteiger charge is 2.17. The van der Waals surface area contributed by atoms with Gasteiger partial charge >= 0.3 is 0 Å². The first-order chi connectivity index (χ1) is 11.2. The minimum Gasteiger partial charge on any atom is -0.384 e. The number of rotatable bonds is 5. The highest BCUT2D eigenvalue weighted by atomic mass is 19.1. The van der Waals surface area contributed by atoms with Crippen molar-refractivity contribution in [2.75, 3.05) is 12.3 Å². The van der Waals surface area contributed by atoms with Crippen LogP contribution >= 0.6 is 0 Å². The summed E-state index contributed by atoms with van der Waals surface area (Å²) in [5.41, 5.74) is 8.75. The summed E-state index contributed by atoms with van der Waals surface area (Å²) in [5.74, 6) is 0.0990. The fourth-order valence-corrected chi connectivity index (χ4v) is 2.26.